The molecule has 0 amide bonds. The molecule has 8 nitrogen and oxygen atoms in total. The van der Waals surface area contributed by atoms with Crippen LogP contribution in [-0.4, -0.2) is 13.3 Å². The van der Waals surface area contributed by atoms with Crippen molar-refractivity contribution >= 4 is 21.4 Å². The van der Waals surface area contributed by atoms with Gasteiger partial charge in [0, 0.05) is 12.1 Å². The summed E-state index contributed by atoms with van der Waals surface area (Å²) in [4.78, 5) is 9.70. The third kappa shape index (κ3) is 2.95. The van der Waals surface area contributed by atoms with Crippen LogP contribution in [0.3, 0.4) is 0 Å². The van der Waals surface area contributed by atoms with Crippen LogP contribution >= 0.6 is 0 Å². The molecule has 0 aliphatic heterocycles. The molecule has 0 unspecified atom stereocenters. The van der Waals surface area contributed by atoms with Crippen molar-refractivity contribution in [1.82, 2.24) is 4.72 Å². The fourth-order valence-electron chi connectivity index (χ4n) is 1.55. The van der Waals surface area contributed by atoms with Crippen LogP contribution in [0.2, 0.25) is 0 Å². The van der Waals surface area contributed by atoms with Gasteiger partial charge in [-0.25, -0.2) is 13.1 Å². The van der Waals surface area contributed by atoms with Crippen molar-refractivity contribution in [2.45, 2.75) is 11.4 Å². The first kappa shape index (κ1) is 14.0. The van der Waals surface area contributed by atoms with E-state index in [1.54, 1.807) is 12.1 Å². The maximum Gasteiger partial charge on any atom is 0.271 e. The Morgan fingerprint density at radius 1 is 1.35 bits per heavy atom. The number of furan rings is 1. The van der Waals surface area contributed by atoms with E-state index < -0.39 is 14.9 Å². The zero-order valence-electron chi connectivity index (χ0n) is 10.1. The van der Waals surface area contributed by atoms with Gasteiger partial charge in [0.05, 0.1) is 23.4 Å². The topological polar surface area (TPSA) is 128 Å². The second-order valence-electron chi connectivity index (χ2n) is 3.88. The molecule has 2 rings (SSSR count). The molecule has 0 saturated carbocycles. The number of rotatable bonds is 5. The number of nitrogens with one attached hydrogen (secondary N) is 1. The number of anilines is 1. The lowest BCUT2D eigenvalue weighted by molar-refractivity contribution is -0.384. The van der Waals surface area contributed by atoms with E-state index in [2.05, 4.69) is 4.72 Å². The number of non-ortho nitro benzene ring substituents is 1. The highest BCUT2D eigenvalue weighted by Crippen LogP contribution is 2.23. The summed E-state index contributed by atoms with van der Waals surface area (Å²) in [5, 5.41) is 10.6. The van der Waals surface area contributed by atoms with E-state index in [-0.39, 0.29) is 22.8 Å². The van der Waals surface area contributed by atoms with Crippen LogP contribution < -0.4 is 10.5 Å². The van der Waals surface area contributed by atoms with Gasteiger partial charge >= 0.3 is 0 Å². The predicted molar refractivity (Wildman–Crippen MR) is 70.2 cm³/mol. The van der Waals surface area contributed by atoms with Crippen LogP contribution in [0.5, 0.6) is 0 Å². The van der Waals surface area contributed by atoms with E-state index in [0.717, 1.165) is 18.2 Å². The lowest BCUT2D eigenvalue weighted by Crippen LogP contribution is -2.24. The molecular formula is C11H11N3O5S. The molecule has 0 fully saturated rings. The molecule has 1 aromatic carbocycles. The Morgan fingerprint density at radius 3 is 2.65 bits per heavy atom. The molecule has 9 heteroatoms. The number of nitrogens with two attached hydrogens (primary N) is 1. The molecule has 3 N–H and O–H groups in total. The van der Waals surface area contributed by atoms with E-state index in [1.807, 2.05) is 0 Å². The van der Waals surface area contributed by atoms with Gasteiger partial charge in [-0.2, -0.15) is 0 Å². The Morgan fingerprint density at radius 2 is 2.10 bits per heavy atom. The Hall–Kier alpha value is -2.39. The molecule has 0 radical (unpaired) electrons. The number of nitrogen functional groups attached to an aromatic ring is 1. The first-order chi connectivity index (χ1) is 9.40. The molecule has 20 heavy (non-hydrogen) atoms. The standard InChI is InChI=1S/C11H11N3O5S/c12-10-6-8(14(15)16)3-4-11(10)20(17,18)13-7-9-2-1-5-19-9/h1-6,13H,7,12H2. The normalized spacial score (nSPS) is 11.4. The van der Waals surface area contributed by atoms with E-state index in [1.165, 1.54) is 6.26 Å². The molecule has 0 aliphatic rings. The average molecular weight is 297 g/mol. The van der Waals surface area contributed by atoms with Gasteiger partial charge in [0.15, 0.2) is 0 Å². The van der Waals surface area contributed by atoms with Gasteiger partial charge in [-0.05, 0) is 18.2 Å². The van der Waals surface area contributed by atoms with Crippen molar-refractivity contribution in [1.29, 1.82) is 0 Å². The molecule has 0 atom stereocenters. The average Bonchev–Trinajstić information content (AvgIpc) is 2.89. The van der Waals surface area contributed by atoms with Crippen molar-refractivity contribution in [3.05, 3.63) is 52.5 Å². The zero-order chi connectivity index (χ0) is 14.8. The van der Waals surface area contributed by atoms with Crippen LogP contribution in [0.1, 0.15) is 5.76 Å². The van der Waals surface area contributed by atoms with E-state index in [4.69, 9.17) is 10.2 Å². The highest BCUT2D eigenvalue weighted by molar-refractivity contribution is 7.89. The molecule has 1 heterocycles. The molecule has 1 aromatic heterocycles. The number of nitrogens with zero attached hydrogens (tertiary/aromatic N) is 1. The Labute approximate surface area is 114 Å². The molecular weight excluding hydrogens is 286 g/mol. The molecule has 0 bridgehead atoms. The summed E-state index contributed by atoms with van der Waals surface area (Å²) in [7, 11) is -3.87. The molecule has 0 spiro atoms. The minimum absolute atomic E-state index is 0.0360. The first-order valence-electron chi connectivity index (χ1n) is 5.46. The highest BCUT2D eigenvalue weighted by Gasteiger charge is 2.20. The maximum absolute atomic E-state index is 12.0. The van der Waals surface area contributed by atoms with Gasteiger partial charge in [-0.15, -0.1) is 0 Å². The lowest BCUT2D eigenvalue weighted by Gasteiger charge is -2.07. The van der Waals surface area contributed by atoms with Crippen LogP contribution in [0, 0.1) is 10.1 Å². The fraction of sp³-hybridized carbons (Fsp3) is 0.0909. The monoisotopic (exact) mass is 297 g/mol. The Kier molecular flexibility index (Phi) is 3.72. The quantitative estimate of drug-likeness (QED) is 0.485. The number of nitro groups is 1. The lowest BCUT2D eigenvalue weighted by atomic mass is 10.3. The van der Waals surface area contributed by atoms with Gasteiger partial charge in [0.25, 0.3) is 5.69 Å². The summed E-state index contributed by atoms with van der Waals surface area (Å²) in [6.07, 6.45) is 1.42. The number of hydrogen-bond donors (Lipinski definition) is 2. The Bertz CT molecular complexity index is 725. The van der Waals surface area contributed by atoms with E-state index in [9.17, 15) is 18.5 Å². The maximum atomic E-state index is 12.0. The first-order valence-corrected chi connectivity index (χ1v) is 6.94. The molecule has 106 valence electrons. The van der Waals surface area contributed by atoms with E-state index >= 15 is 0 Å². The summed E-state index contributed by atoms with van der Waals surface area (Å²) in [5.41, 5.74) is 5.09. The van der Waals surface area contributed by atoms with Crippen LogP contribution in [0.4, 0.5) is 11.4 Å². The molecule has 0 aliphatic carbocycles. The third-order valence-electron chi connectivity index (χ3n) is 2.51. The summed E-state index contributed by atoms with van der Waals surface area (Å²) in [6, 6.07) is 6.42. The van der Waals surface area contributed by atoms with E-state index in [0.29, 0.717) is 5.76 Å². The van der Waals surface area contributed by atoms with Crippen molar-refractivity contribution in [3.8, 4) is 0 Å². The van der Waals surface area contributed by atoms with Crippen LogP contribution in [-0.2, 0) is 16.6 Å². The SMILES string of the molecule is Nc1cc([N+](=O)[O-])ccc1S(=O)(=O)NCc1ccco1. The second kappa shape index (κ2) is 5.31. The summed E-state index contributed by atoms with van der Waals surface area (Å²) in [6.45, 7) is -0.0360. The minimum atomic E-state index is -3.87. The smallest absolute Gasteiger partial charge is 0.271 e. The summed E-state index contributed by atoms with van der Waals surface area (Å²) >= 11 is 0. The largest absolute Gasteiger partial charge is 0.468 e. The third-order valence-corrected chi connectivity index (χ3v) is 3.99. The van der Waals surface area contributed by atoms with Gasteiger partial charge in [-0.3, -0.25) is 10.1 Å². The minimum Gasteiger partial charge on any atom is -0.468 e. The summed E-state index contributed by atoms with van der Waals surface area (Å²) in [5.74, 6) is 0.439. The zero-order valence-corrected chi connectivity index (χ0v) is 11.0. The van der Waals surface area contributed by atoms with Gasteiger partial charge in [0.2, 0.25) is 10.0 Å². The van der Waals surface area contributed by atoms with Gasteiger partial charge in [-0.1, -0.05) is 0 Å². The van der Waals surface area contributed by atoms with Crippen molar-refractivity contribution in [2.24, 2.45) is 0 Å². The van der Waals surface area contributed by atoms with Crippen LogP contribution in [0.15, 0.2) is 45.9 Å². The number of nitro benzene ring substituents is 1. The van der Waals surface area contributed by atoms with Crippen molar-refractivity contribution in [3.63, 3.8) is 0 Å². The predicted octanol–water partition coefficient (Wildman–Crippen LogP) is 1.25. The van der Waals surface area contributed by atoms with Crippen LogP contribution in [0.25, 0.3) is 0 Å². The molecule has 0 saturated heterocycles. The van der Waals surface area contributed by atoms with Gasteiger partial charge < -0.3 is 10.2 Å². The van der Waals surface area contributed by atoms with Crippen molar-refractivity contribution < 1.29 is 17.8 Å². The highest BCUT2D eigenvalue weighted by atomic mass is 32.2. The number of sulfonamides is 1. The fourth-order valence-corrected chi connectivity index (χ4v) is 2.66. The Balaban J connectivity index is 2.23. The summed E-state index contributed by atoms with van der Waals surface area (Å²) < 4.78 is 31.3. The number of benzene rings is 1. The molecule has 2 aromatic rings. The van der Waals surface area contributed by atoms with Crippen molar-refractivity contribution in [2.75, 3.05) is 5.73 Å². The van der Waals surface area contributed by atoms with Gasteiger partial charge in [0.1, 0.15) is 10.7 Å². The number of hydrogen-bond acceptors (Lipinski definition) is 6. The second-order valence-corrected chi connectivity index (χ2v) is 5.62.